The molecule has 1 N–H and O–H groups in total. The normalized spacial score (nSPS) is 12.1. The molecule has 0 aliphatic carbocycles. The van der Waals surface area contributed by atoms with E-state index in [0.717, 1.165) is 15.9 Å². The zero-order chi connectivity index (χ0) is 17.1. The van der Waals surface area contributed by atoms with Crippen molar-refractivity contribution in [3.63, 3.8) is 0 Å². The molecule has 0 spiro atoms. The average Bonchev–Trinajstić information content (AvgIpc) is 3.19. The summed E-state index contributed by atoms with van der Waals surface area (Å²) in [6.45, 7) is 4.52. The molecular weight excluding hydrogens is 386 g/mol. The molecule has 1 aromatic carbocycles. The minimum atomic E-state index is -0.0782. The Morgan fingerprint density at radius 1 is 1.29 bits per heavy atom. The molecule has 0 aliphatic heterocycles. The highest BCUT2D eigenvalue weighted by Gasteiger charge is 2.19. The summed E-state index contributed by atoms with van der Waals surface area (Å²) < 4.78 is 2.95. The van der Waals surface area contributed by atoms with Gasteiger partial charge in [0.1, 0.15) is 6.04 Å². The van der Waals surface area contributed by atoms with Gasteiger partial charge in [-0.1, -0.05) is 22.0 Å². The van der Waals surface area contributed by atoms with Crippen LogP contribution in [0.4, 0.5) is 0 Å². The van der Waals surface area contributed by atoms with Crippen LogP contribution in [0.15, 0.2) is 52.3 Å². The molecule has 1 atom stereocenters. The lowest BCUT2D eigenvalue weighted by molar-refractivity contribution is 0.0949. The van der Waals surface area contributed by atoms with Gasteiger partial charge in [0.25, 0.3) is 5.91 Å². The molecule has 3 rings (SSSR count). The van der Waals surface area contributed by atoms with Crippen molar-refractivity contribution in [1.82, 2.24) is 15.1 Å². The van der Waals surface area contributed by atoms with Gasteiger partial charge in [0.15, 0.2) is 0 Å². The molecule has 0 saturated heterocycles. The van der Waals surface area contributed by atoms with E-state index in [1.807, 2.05) is 54.2 Å². The van der Waals surface area contributed by atoms with Gasteiger partial charge in [-0.25, -0.2) is 0 Å². The van der Waals surface area contributed by atoms with Gasteiger partial charge in [-0.2, -0.15) is 5.10 Å². The van der Waals surface area contributed by atoms with Crippen molar-refractivity contribution >= 4 is 33.2 Å². The molecule has 0 bridgehead atoms. The van der Waals surface area contributed by atoms with Crippen LogP contribution in [0.3, 0.4) is 0 Å². The Bertz CT molecular complexity index is 825. The van der Waals surface area contributed by atoms with Gasteiger partial charge in [-0.15, -0.1) is 11.3 Å². The topological polar surface area (TPSA) is 46.9 Å². The van der Waals surface area contributed by atoms with Crippen LogP contribution in [0.25, 0.3) is 0 Å². The van der Waals surface area contributed by atoms with Crippen molar-refractivity contribution in [2.24, 2.45) is 0 Å². The largest absolute Gasteiger partial charge is 0.350 e. The number of hydrogen-bond donors (Lipinski definition) is 1. The SMILES string of the molecule is Cc1cc(C)n(C(CNC(=O)c2ccc(Br)cc2)c2cccs2)n1. The molecule has 24 heavy (non-hydrogen) atoms. The van der Waals surface area contributed by atoms with Crippen LogP contribution in [0.2, 0.25) is 0 Å². The van der Waals surface area contributed by atoms with Gasteiger partial charge in [0.05, 0.1) is 5.69 Å². The Kier molecular flexibility index (Phi) is 5.16. The summed E-state index contributed by atoms with van der Waals surface area (Å²) in [5.74, 6) is -0.0782. The summed E-state index contributed by atoms with van der Waals surface area (Å²) in [5.41, 5.74) is 2.72. The third-order valence-corrected chi connectivity index (χ3v) is 5.28. The molecule has 3 aromatic rings. The molecule has 0 saturated carbocycles. The van der Waals surface area contributed by atoms with Crippen LogP contribution in [-0.4, -0.2) is 22.2 Å². The van der Waals surface area contributed by atoms with Crippen molar-refractivity contribution in [1.29, 1.82) is 0 Å². The van der Waals surface area contributed by atoms with Crippen molar-refractivity contribution in [3.8, 4) is 0 Å². The number of nitrogens with zero attached hydrogens (tertiary/aromatic N) is 2. The van der Waals surface area contributed by atoms with Crippen molar-refractivity contribution in [2.45, 2.75) is 19.9 Å². The number of nitrogens with one attached hydrogen (secondary N) is 1. The Labute approximate surface area is 153 Å². The van der Waals surface area contributed by atoms with E-state index in [0.29, 0.717) is 12.1 Å². The lowest BCUT2D eigenvalue weighted by atomic mass is 10.2. The highest BCUT2D eigenvalue weighted by Crippen LogP contribution is 2.24. The predicted molar refractivity (Wildman–Crippen MR) is 101 cm³/mol. The van der Waals surface area contributed by atoms with E-state index < -0.39 is 0 Å². The number of rotatable bonds is 5. The fourth-order valence-corrected chi connectivity index (χ4v) is 3.72. The van der Waals surface area contributed by atoms with Crippen LogP contribution in [0, 0.1) is 13.8 Å². The summed E-state index contributed by atoms with van der Waals surface area (Å²) >= 11 is 5.06. The molecule has 0 aliphatic rings. The minimum absolute atomic E-state index is 0.00176. The Balaban J connectivity index is 1.79. The first-order valence-corrected chi connectivity index (χ1v) is 9.32. The minimum Gasteiger partial charge on any atom is -0.350 e. The van der Waals surface area contributed by atoms with Crippen LogP contribution >= 0.6 is 27.3 Å². The van der Waals surface area contributed by atoms with E-state index in [1.165, 1.54) is 4.88 Å². The number of amides is 1. The quantitative estimate of drug-likeness (QED) is 0.688. The molecule has 0 radical (unpaired) electrons. The molecule has 0 fully saturated rings. The van der Waals surface area contributed by atoms with Crippen LogP contribution in [0.1, 0.15) is 32.7 Å². The zero-order valence-corrected chi connectivity index (χ0v) is 15.9. The second-order valence-electron chi connectivity index (χ2n) is 5.62. The number of aromatic nitrogens is 2. The maximum Gasteiger partial charge on any atom is 0.251 e. The molecule has 2 heterocycles. The van der Waals surface area contributed by atoms with Crippen LogP contribution in [-0.2, 0) is 0 Å². The Hall–Kier alpha value is -1.92. The van der Waals surface area contributed by atoms with Gasteiger partial charge in [-0.05, 0) is 55.6 Å². The van der Waals surface area contributed by atoms with Crippen LogP contribution in [0.5, 0.6) is 0 Å². The summed E-state index contributed by atoms with van der Waals surface area (Å²) in [6.07, 6.45) is 0. The highest BCUT2D eigenvalue weighted by molar-refractivity contribution is 9.10. The van der Waals surface area contributed by atoms with Crippen LogP contribution < -0.4 is 5.32 Å². The number of benzene rings is 1. The fraction of sp³-hybridized carbons (Fsp3) is 0.222. The number of thiophene rings is 1. The third kappa shape index (κ3) is 3.76. The maximum atomic E-state index is 12.4. The molecule has 1 unspecified atom stereocenters. The molecule has 2 aromatic heterocycles. The number of aryl methyl sites for hydroxylation is 2. The van der Waals surface area contributed by atoms with E-state index in [9.17, 15) is 4.79 Å². The second kappa shape index (κ2) is 7.32. The standard InChI is InChI=1S/C18H18BrN3OS/c1-12-10-13(2)22(21-12)16(17-4-3-9-24-17)11-20-18(23)14-5-7-15(19)8-6-14/h3-10,16H,11H2,1-2H3,(H,20,23). The zero-order valence-electron chi connectivity index (χ0n) is 13.5. The average molecular weight is 404 g/mol. The first kappa shape index (κ1) is 16.9. The van der Waals surface area contributed by atoms with Crippen molar-refractivity contribution in [3.05, 3.63) is 74.1 Å². The van der Waals surface area contributed by atoms with E-state index in [2.05, 4.69) is 38.5 Å². The Morgan fingerprint density at radius 3 is 2.62 bits per heavy atom. The summed E-state index contributed by atoms with van der Waals surface area (Å²) in [6, 6.07) is 13.5. The monoisotopic (exact) mass is 403 g/mol. The first-order chi connectivity index (χ1) is 11.5. The van der Waals surface area contributed by atoms with E-state index in [-0.39, 0.29) is 11.9 Å². The smallest absolute Gasteiger partial charge is 0.251 e. The third-order valence-electron chi connectivity index (χ3n) is 3.77. The molecular formula is C18H18BrN3OS. The number of halogens is 1. The molecule has 4 nitrogen and oxygen atoms in total. The fourth-order valence-electron chi connectivity index (χ4n) is 2.64. The summed E-state index contributed by atoms with van der Waals surface area (Å²) in [4.78, 5) is 13.6. The number of carbonyl (C=O) groups excluding carboxylic acids is 1. The summed E-state index contributed by atoms with van der Waals surface area (Å²) in [7, 11) is 0. The summed E-state index contributed by atoms with van der Waals surface area (Å²) in [5, 5.41) is 9.67. The van der Waals surface area contributed by atoms with Gasteiger partial charge in [0.2, 0.25) is 0 Å². The second-order valence-corrected chi connectivity index (χ2v) is 7.51. The van der Waals surface area contributed by atoms with Gasteiger partial charge in [-0.3, -0.25) is 9.48 Å². The Morgan fingerprint density at radius 2 is 2.04 bits per heavy atom. The lowest BCUT2D eigenvalue weighted by Gasteiger charge is -2.19. The van der Waals surface area contributed by atoms with Gasteiger partial charge >= 0.3 is 0 Å². The van der Waals surface area contributed by atoms with E-state index in [1.54, 1.807) is 11.3 Å². The van der Waals surface area contributed by atoms with Crippen molar-refractivity contribution < 1.29 is 4.79 Å². The number of hydrogen-bond acceptors (Lipinski definition) is 3. The highest BCUT2D eigenvalue weighted by atomic mass is 79.9. The molecule has 124 valence electrons. The van der Waals surface area contributed by atoms with Gasteiger partial charge in [0, 0.05) is 27.2 Å². The van der Waals surface area contributed by atoms with E-state index >= 15 is 0 Å². The van der Waals surface area contributed by atoms with E-state index in [4.69, 9.17) is 0 Å². The number of carbonyl (C=O) groups is 1. The molecule has 6 heteroatoms. The van der Waals surface area contributed by atoms with Gasteiger partial charge < -0.3 is 5.32 Å². The van der Waals surface area contributed by atoms with Crippen molar-refractivity contribution in [2.75, 3.05) is 6.54 Å². The lowest BCUT2D eigenvalue weighted by Crippen LogP contribution is -2.31. The maximum absolute atomic E-state index is 12.4. The predicted octanol–water partition coefficient (Wildman–Crippen LogP) is 4.34. The molecule has 1 amide bonds. The first-order valence-electron chi connectivity index (χ1n) is 7.64.